The third kappa shape index (κ3) is 4.65. The monoisotopic (exact) mass is 306 g/mol. The van der Waals surface area contributed by atoms with Gasteiger partial charge in [0.2, 0.25) is 5.91 Å². The SMILES string of the molecule is COc1cccc(CCOC(=O)N2CCC(NC(C)=O)C2)c1. The van der Waals surface area contributed by atoms with Gasteiger partial charge in [0, 0.05) is 32.5 Å². The van der Waals surface area contributed by atoms with Crippen LogP contribution in [-0.2, 0) is 16.0 Å². The average Bonchev–Trinajstić information content (AvgIpc) is 2.95. The summed E-state index contributed by atoms with van der Waals surface area (Å²) >= 11 is 0. The van der Waals surface area contributed by atoms with Crippen molar-refractivity contribution in [1.29, 1.82) is 0 Å². The first-order valence-electron chi connectivity index (χ1n) is 7.40. The summed E-state index contributed by atoms with van der Waals surface area (Å²) in [7, 11) is 1.62. The molecule has 0 bridgehead atoms. The summed E-state index contributed by atoms with van der Waals surface area (Å²) in [6.07, 6.45) is 1.09. The van der Waals surface area contributed by atoms with E-state index in [1.807, 2.05) is 24.3 Å². The van der Waals surface area contributed by atoms with Crippen LogP contribution in [0.2, 0.25) is 0 Å². The van der Waals surface area contributed by atoms with Crippen LogP contribution in [0.25, 0.3) is 0 Å². The zero-order chi connectivity index (χ0) is 15.9. The van der Waals surface area contributed by atoms with Gasteiger partial charge in [-0.15, -0.1) is 0 Å². The van der Waals surface area contributed by atoms with Crippen LogP contribution in [0.3, 0.4) is 0 Å². The van der Waals surface area contributed by atoms with E-state index in [0.29, 0.717) is 26.1 Å². The minimum absolute atomic E-state index is 0.0310. The molecule has 1 aromatic carbocycles. The maximum absolute atomic E-state index is 12.0. The Bertz CT molecular complexity index is 533. The zero-order valence-corrected chi connectivity index (χ0v) is 13.0. The Kier molecular flexibility index (Phi) is 5.63. The molecule has 1 aliphatic rings. The molecule has 0 aliphatic carbocycles. The molecular weight excluding hydrogens is 284 g/mol. The third-order valence-corrected chi connectivity index (χ3v) is 3.60. The van der Waals surface area contributed by atoms with Gasteiger partial charge in [0.15, 0.2) is 0 Å². The van der Waals surface area contributed by atoms with Gasteiger partial charge in [-0.3, -0.25) is 4.79 Å². The molecule has 1 saturated heterocycles. The maximum atomic E-state index is 12.0. The van der Waals surface area contributed by atoms with E-state index in [1.165, 1.54) is 6.92 Å². The number of nitrogens with one attached hydrogen (secondary N) is 1. The van der Waals surface area contributed by atoms with E-state index in [0.717, 1.165) is 17.7 Å². The summed E-state index contributed by atoms with van der Waals surface area (Å²) in [6.45, 7) is 2.93. The molecule has 1 fully saturated rings. The van der Waals surface area contributed by atoms with E-state index in [2.05, 4.69) is 5.32 Å². The molecule has 120 valence electrons. The third-order valence-electron chi connectivity index (χ3n) is 3.60. The van der Waals surface area contributed by atoms with Crippen LogP contribution in [-0.4, -0.2) is 49.7 Å². The number of hydrogen-bond acceptors (Lipinski definition) is 4. The minimum Gasteiger partial charge on any atom is -0.497 e. The lowest BCUT2D eigenvalue weighted by atomic mass is 10.1. The second-order valence-electron chi connectivity index (χ2n) is 5.35. The van der Waals surface area contributed by atoms with Crippen molar-refractivity contribution in [3.63, 3.8) is 0 Å². The first-order chi connectivity index (χ1) is 10.6. The van der Waals surface area contributed by atoms with Crippen molar-refractivity contribution in [2.75, 3.05) is 26.8 Å². The van der Waals surface area contributed by atoms with E-state index in [-0.39, 0.29) is 18.0 Å². The molecule has 0 radical (unpaired) electrons. The lowest BCUT2D eigenvalue weighted by molar-refractivity contribution is -0.119. The normalized spacial score (nSPS) is 17.2. The topological polar surface area (TPSA) is 67.9 Å². The van der Waals surface area contributed by atoms with Gasteiger partial charge in [-0.25, -0.2) is 4.79 Å². The van der Waals surface area contributed by atoms with Crippen molar-refractivity contribution in [2.45, 2.75) is 25.8 Å². The van der Waals surface area contributed by atoms with Crippen molar-refractivity contribution in [2.24, 2.45) is 0 Å². The van der Waals surface area contributed by atoms with Gasteiger partial charge in [0.25, 0.3) is 0 Å². The lowest BCUT2D eigenvalue weighted by Gasteiger charge is -2.16. The van der Waals surface area contributed by atoms with Crippen LogP contribution in [0, 0.1) is 0 Å². The largest absolute Gasteiger partial charge is 0.497 e. The number of benzene rings is 1. The van der Waals surface area contributed by atoms with Crippen LogP contribution in [0.5, 0.6) is 5.75 Å². The second-order valence-corrected chi connectivity index (χ2v) is 5.35. The molecule has 1 atom stereocenters. The van der Waals surface area contributed by atoms with Crippen LogP contribution in [0.15, 0.2) is 24.3 Å². The van der Waals surface area contributed by atoms with Gasteiger partial charge in [-0.05, 0) is 24.1 Å². The Balaban J connectivity index is 1.73. The highest BCUT2D eigenvalue weighted by Gasteiger charge is 2.27. The number of amides is 2. The standard InChI is InChI=1S/C16H22N2O4/c1-12(19)17-14-6-8-18(11-14)16(20)22-9-7-13-4-3-5-15(10-13)21-2/h3-5,10,14H,6-9,11H2,1-2H3,(H,17,19). The number of rotatable bonds is 5. The molecule has 1 aromatic rings. The molecule has 6 heteroatoms. The van der Waals surface area contributed by atoms with Crippen LogP contribution >= 0.6 is 0 Å². The number of hydrogen-bond donors (Lipinski definition) is 1. The lowest BCUT2D eigenvalue weighted by Crippen LogP contribution is -2.37. The van der Waals surface area contributed by atoms with Gasteiger partial charge >= 0.3 is 6.09 Å². The first kappa shape index (κ1) is 16.1. The highest BCUT2D eigenvalue weighted by Crippen LogP contribution is 2.14. The quantitative estimate of drug-likeness (QED) is 0.897. The molecule has 1 unspecified atom stereocenters. The van der Waals surface area contributed by atoms with Crippen LogP contribution < -0.4 is 10.1 Å². The first-order valence-corrected chi connectivity index (χ1v) is 7.40. The molecule has 0 aromatic heterocycles. The molecule has 1 aliphatic heterocycles. The van der Waals surface area contributed by atoms with Gasteiger partial charge < -0.3 is 19.7 Å². The Morgan fingerprint density at radius 3 is 2.95 bits per heavy atom. The summed E-state index contributed by atoms with van der Waals surface area (Å²) < 4.78 is 10.4. The Morgan fingerprint density at radius 2 is 2.23 bits per heavy atom. The molecule has 1 heterocycles. The number of likely N-dealkylation sites (tertiary alicyclic amines) is 1. The molecular formula is C16H22N2O4. The van der Waals surface area contributed by atoms with Gasteiger partial charge in [0.05, 0.1) is 13.7 Å². The smallest absolute Gasteiger partial charge is 0.409 e. The molecule has 0 saturated carbocycles. The van der Waals surface area contributed by atoms with Crippen LogP contribution in [0.4, 0.5) is 4.79 Å². The maximum Gasteiger partial charge on any atom is 0.409 e. The highest BCUT2D eigenvalue weighted by atomic mass is 16.6. The Hall–Kier alpha value is -2.24. The number of carbonyl (C=O) groups is 2. The molecule has 0 spiro atoms. The number of ether oxygens (including phenoxy) is 2. The average molecular weight is 306 g/mol. The van der Waals surface area contributed by atoms with E-state index in [4.69, 9.17) is 9.47 Å². The van der Waals surface area contributed by atoms with Crippen molar-refractivity contribution in [3.8, 4) is 5.75 Å². The molecule has 6 nitrogen and oxygen atoms in total. The molecule has 22 heavy (non-hydrogen) atoms. The summed E-state index contributed by atoms with van der Waals surface area (Å²) in [6, 6.07) is 7.72. The van der Waals surface area contributed by atoms with Gasteiger partial charge in [-0.2, -0.15) is 0 Å². The van der Waals surface area contributed by atoms with Crippen molar-refractivity contribution in [3.05, 3.63) is 29.8 Å². The fourth-order valence-corrected chi connectivity index (χ4v) is 2.51. The predicted molar refractivity (Wildman–Crippen MR) is 81.8 cm³/mol. The zero-order valence-electron chi connectivity index (χ0n) is 13.0. The summed E-state index contributed by atoms with van der Waals surface area (Å²) in [5, 5.41) is 2.82. The van der Waals surface area contributed by atoms with Gasteiger partial charge in [-0.1, -0.05) is 12.1 Å². The van der Waals surface area contributed by atoms with Crippen LogP contribution in [0.1, 0.15) is 18.9 Å². The van der Waals surface area contributed by atoms with Gasteiger partial charge in [0.1, 0.15) is 5.75 Å². The highest BCUT2D eigenvalue weighted by molar-refractivity contribution is 5.73. The van der Waals surface area contributed by atoms with E-state index in [1.54, 1.807) is 12.0 Å². The van der Waals surface area contributed by atoms with Crippen molar-refractivity contribution in [1.82, 2.24) is 10.2 Å². The van der Waals surface area contributed by atoms with Crippen molar-refractivity contribution >= 4 is 12.0 Å². The minimum atomic E-state index is -0.323. The summed E-state index contributed by atoms with van der Waals surface area (Å²) in [4.78, 5) is 24.6. The van der Waals surface area contributed by atoms with Crippen molar-refractivity contribution < 1.29 is 19.1 Å². The predicted octanol–water partition coefficient (Wildman–Crippen LogP) is 1.58. The van der Waals surface area contributed by atoms with E-state index >= 15 is 0 Å². The molecule has 1 N–H and O–H groups in total. The fraction of sp³-hybridized carbons (Fsp3) is 0.500. The fourth-order valence-electron chi connectivity index (χ4n) is 2.51. The summed E-state index contributed by atoms with van der Waals surface area (Å²) in [5.41, 5.74) is 1.06. The van der Waals surface area contributed by atoms with E-state index < -0.39 is 0 Å². The van der Waals surface area contributed by atoms with E-state index in [9.17, 15) is 9.59 Å². The second kappa shape index (κ2) is 7.68. The Labute approximate surface area is 130 Å². The number of carbonyl (C=O) groups excluding carboxylic acids is 2. The molecule has 2 rings (SSSR count). The molecule has 2 amide bonds. The number of nitrogens with zero attached hydrogens (tertiary/aromatic N) is 1. The Morgan fingerprint density at radius 1 is 1.41 bits per heavy atom. The summed E-state index contributed by atoms with van der Waals surface area (Å²) in [5.74, 6) is 0.722. The number of methoxy groups -OCH3 is 1.